The van der Waals surface area contributed by atoms with Crippen LogP contribution in [0.25, 0.3) is 0 Å². The number of nitrogens with zero attached hydrogens (tertiary/aromatic N) is 1. The molecule has 0 saturated carbocycles. The van der Waals surface area contributed by atoms with Gasteiger partial charge in [-0.25, -0.2) is 0 Å². The van der Waals surface area contributed by atoms with E-state index >= 15 is 0 Å². The zero-order chi connectivity index (χ0) is 13.9. The fraction of sp³-hybridized carbons (Fsp3) is 0.812. The van der Waals surface area contributed by atoms with Crippen molar-refractivity contribution in [3.63, 3.8) is 0 Å². The number of fused-ring (bicyclic) bond motifs is 3. The van der Waals surface area contributed by atoms with Crippen LogP contribution in [0.5, 0.6) is 0 Å². The number of hydrogen-bond acceptors (Lipinski definition) is 4. The summed E-state index contributed by atoms with van der Waals surface area (Å²) in [5.74, 6) is 1.28. The highest BCUT2D eigenvalue weighted by Gasteiger charge is 2.51. The predicted octanol–water partition coefficient (Wildman–Crippen LogP) is 1.89. The van der Waals surface area contributed by atoms with Gasteiger partial charge in [0.05, 0.1) is 23.7 Å². The summed E-state index contributed by atoms with van der Waals surface area (Å²) in [5, 5.41) is 0. The van der Waals surface area contributed by atoms with Crippen LogP contribution in [-0.2, 0) is 14.3 Å². The largest absolute Gasteiger partial charge is 0.493 e. The molecule has 4 aliphatic heterocycles. The molecule has 2 saturated heterocycles. The van der Waals surface area contributed by atoms with Gasteiger partial charge in [-0.15, -0.1) is 0 Å². The molecule has 0 spiro atoms. The van der Waals surface area contributed by atoms with Gasteiger partial charge in [-0.2, -0.15) is 0 Å². The third-order valence-corrected chi connectivity index (χ3v) is 5.41. The number of carbonyl (C=O) groups is 1. The van der Waals surface area contributed by atoms with E-state index in [0.29, 0.717) is 11.8 Å². The molecule has 0 radical (unpaired) electrons. The van der Waals surface area contributed by atoms with Crippen LogP contribution in [0.15, 0.2) is 11.3 Å². The van der Waals surface area contributed by atoms with Crippen molar-refractivity contribution < 1.29 is 14.3 Å². The first kappa shape index (κ1) is 12.8. The molecular formula is C16H23NO3. The lowest BCUT2D eigenvalue weighted by atomic mass is 9.77. The van der Waals surface area contributed by atoms with E-state index < -0.39 is 0 Å². The Labute approximate surface area is 120 Å². The molecule has 0 amide bonds. The molecule has 0 aliphatic carbocycles. The molecule has 4 rings (SSSR count). The summed E-state index contributed by atoms with van der Waals surface area (Å²) < 4.78 is 12.1. The van der Waals surface area contributed by atoms with Crippen molar-refractivity contribution in [2.75, 3.05) is 13.1 Å². The maximum Gasteiger partial charge on any atom is 0.173 e. The van der Waals surface area contributed by atoms with Gasteiger partial charge in [0, 0.05) is 19.0 Å². The first-order valence-electron chi connectivity index (χ1n) is 7.98. The van der Waals surface area contributed by atoms with Crippen LogP contribution in [-0.4, -0.2) is 48.1 Å². The van der Waals surface area contributed by atoms with Gasteiger partial charge < -0.3 is 9.47 Å². The molecular weight excluding hydrogens is 254 g/mol. The van der Waals surface area contributed by atoms with E-state index in [9.17, 15) is 4.79 Å². The second kappa shape index (κ2) is 4.57. The number of piperidine rings is 1. The van der Waals surface area contributed by atoms with Crippen LogP contribution in [0.3, 0.4) is 0 Å². The zero-order valence-corrected chi connectivity index (χ0v) is 12.3. The lowest BCUT2D eigenvalue weighted by Gasteiger charge is -2.46. The summed E-state index contributed by atoms with van der Waals surface area (Å²) in [7, 11) is 0. The van der Waals surface area contributed by atoms with Crippen molar-refractivity contribution in [3.8, 4) is 0 Å². The minimum absolute atomic E-state index is 0.0458. The standard InChI is InChI=1S/C16H23NO3/c1-9-8-13-14(10(2)19-9)16(18)15-11-4-3-6-17(11)7-5-12(15)20-13/h9-12,15H,3-8H2,1-2H3/t9-,10+,11-,12+,15-/m0/s1. The number of Topliss-reactive ketones (excluding diaryl/α,β-unsaturated/α-hetero) is 1. The number of ether oxygens (including phenoxy) is 2. The second-order valence-electron chi connectivity index (χ2n) is 6.71. The van der Waals surface area contributed by atoms with Gasteiger partial charge in [0.15, 0.2) is 5.78 Å². The minimum atomic E-state index is -0.112. The van der Waals surface area contributed by atoms with Crippen molar-refractivity contribution in [2.24, 2.45) is 5.92 Å². The smallest absolute Gasteiger partial charge is 0.173 e. The molecule has 0 aromatic rings. The summed E-state index contributed by atoms with van der Waals surface area (Å²) in [5.41, 5.74) is 0.832. The predicted molar refractivity (Wildman–Crippen MR) is 74.2 cm³/mol. The molecule has 110 valence electrons. The number of rotatable bonds is 0. The SMILES string of the molecule is C[C@H]1CC2=C(C(=O)[C@@H]3[C@@H](CCN4CCC[C@@H]34)O2)[C@@H](C)O1. The highest BCUT2D eigenvalue weighted by atomic mass is 16.5. The summed E-state index contributed by atoms with van der Waals surface area (Å²) in [4.78, 5) is 15.5. The maximum absolute atomic E-state index is 13.0. The Hall–Kier alpha value is -0.870. The molecule has 0 aromatic heterocycles. The molecule has 4 nitrogen and oxygen atoms in total. The van der Waals surface area contributed by atoms with E-state index in [1.807, 2.05) is 6.92 Å². The summed E-state index contributed by atoms with van der Waals surface area (Å²) in [6, 6.07) is 0.404. The molecule has 4 heterocycles. The summed E-state index contributed by atoms with van der Waals surface area (Å²) >= 11 is 0. The Morgan fingerprint density at radius 3 is 2.90 bits per heavy atom. The monoisotopic (exact) mass is 277 g/mol. The lowest BCUT2D eigenvalue weighted by Crippen LogP contribution is -2.55. The van der Waals surface area contributed by atoms with Crippen molar-refractivity contribution in [1.82, 2.24) is 4.90 Å². The van der Waals surface area contributed by atoms with E-state index in [1.165, 1.54) is 6.42 Å². The van der Waals surface area contributed by atoms with E-state index in [2.05, 4.69) is 11.8 Å². The third-order valence-electron chi connectivity index (χ3n) is 5.41. The Kier molecular flexibility index (Phi) is 2.93. The Morgan fingerprint density at radius 2 is 2.05 bits per heavy atom. The van der Waals surface area contributed by atoms with Gasteiger partial charge in [0.1, 0.15) is 11.9 Å². The van der Waals surface area contributed by atoms with E-state index in [4.69, 9.17) is 9.47 Å². The van der Waals surface area contributed by atoms with Crippen LogP contribution in [0.4, 0.5) is 0 Å². The third kappa shape index (κ3) is 1.77. The fourth-order valence-electron chi connectivity index (χ4n) is 4.61. The average molecular weight is 277 g/mol. The Balaban J connectivity index is 1.70. The van der Waals surface area contributed by atoms with Crippen LogP contribution in [0, 0.1) is 5.92 Å². The molecule has 2 fully saturated rings. The van der Waals surface area contributed by atoms with Gasteiger partial charge in [-0.3, -0.25) is 9.69 Å². The molecule has 20 heavy (non-hydrogen) atoms. The van der Waals surface area contributed by atoms with Crippen LogP contribution in [0.2, 0.25) is 0 Å². The number of hydrogen-bond donors (Lipinski definition) is 0. The van der Waals surface area contributed by atoms with Gasteiger partial charge in [0.2, 0.25) is 0 Å². The van der Waals surface area contributed by atoms with Crippen molar-refractivity contribution in [3.05, 3.63) is 11.3 Å². The van der Waals surface area contributed by atoms with Gasteiger partial charge in [-0.05, 0) is 39.7 Å². The highest BCUT2D eigenvalue weighted by molar-refractivity contribution is 6.00. The molecule has 0 N–H and O–H groups in total. The zero-order valence-electron chi connectivity index (χ0n) is 12.3. The number of ketones is 1. The first-order valence-corrected chi connectivity index (χ1v) is 7.98. The van der Waals surface area contributed by atoms with Crippen LogP contribution < -0.4 is 0 Å². The summed E-state index contributed by atoms with van der Waals surface area (Å²) in [6.45, 7) is 6.28. The van der Waals surface area contributed by atoms with E-state index in [0.717, 1.165) is 43.7 Å². The first-order chi connectivity index (χ1) is 9.65. The van der Waals surface area contributed by atoms with Crippen molar-refractivity contribution in [2.45, 2.75) is 63.9 Å². The lowest BCUT2D eigenvalue weighted by molar-refractivity contribution is -0.139. The fourth-order valence-corrected chi connectivity index (χ4v) is 4.61. The maximum atomic E-state index is 13.0. The molecule has 0 unspecified atom stereocenters. The molecule has 4 heteroatoms. The Bertz CT molecular complexity index is 472. The van der Waals surface area contributed by atoms with E-state index in [1.54, 1.807) is 0 Å². The number of carbonyl (C=O) groups excluding carboxylic acids is 1. The van der Waals surface area contributed by atoms with Gasteiger partial charge >= 0.3 is 0 Å². The quantitative estimate of drug-likeness (QED) is 0.678. The molecule has 5 atom stereocenters. The second-order valence-corrected chi connectivity index (χ2v) is 6.71. The Morgan fingerprint density at radius 1 is 1.20 bits per heavy atom. The highest BCUT2D eigenvalue weighted by Crippen LogP contribution is 2.43. The molecule has 4 aliphatic rings. The average Bonchev–Trinajstić information content (AvgIpc) is 2.85. The minimum Gasteiger partial charge on any atom is -0.493 e. The van der Waals surface area contributed by atoms with E-state index in [-0.39, 0.29) is 24.2 Å². The normalized spacial score (nSPS) is 44.7. The molecule has 0 bridgehead atoms. The van der Waals surface area contributed by atoms with Gasteiger partial charge in [-0.1, -0.05) is 0 Å². The van der Waals surface area contributed by atoms with Crippen LogP contribution in [0.1, 0.15) is 39.5 Å². The van der Waals surface area contributed by atoms with Crippen molar-refractivity contribution in [1.29, 1.82) is 0 Å². The topological polar surface area (TPSA) is 38.8 Å². The van der Waals surface area contributed by atoms with Gasteiger partial charge in [0.25, 0.3) is 0 Å². The molecule has 0 aromatic carbocycles. The van der Waals surface area contributed by atoms with Crippen molar-refractivity contribution >= 4 is 5.78 Å². The summed E-state index contributed by atoms with van der Waals surface area (Å²) in [6.07, 6.45) is 4.26. The van der Waals surface area contributed by atoms with Crippen LogP contribution >= 0.6 is 0 Å².